The quantitative estimate of drug-likeness (QED) is 0.628. The number of halogens is 1. The third-order valence-corrected chi connectivity index (χ3v) is 5.10. The van der Waals surface area contributed by atoms with Crippen molar-refractivity contribution in [3.63, 3.8) is 0 Å². The maximum absolute atomic E-state index is 11.7. The molecule has 1 aliphatic heterocycles. The molecule has 1 heterocycles. The predicted molar refractivity (Wildman–Crippen MR) is 52.1 cm³/mol. The highest BCUT2D eigenvalue weighted by atomic mass is 35.5. The van der Waals surface area contributed by atoms with Crippen LogP contribution in [0.2, 0.25) is 5.02 Å². The predicted octanol–water partition coefficient (Wildman–Crippen LogP) is 2.82. The summed E-state index contributed by atoms with van der Waals surface area (Å²) in [5, 5.41) is 0.661. The molecule has 0 aromatic heterocycles. The minimum absolute atomic E-state index is 0.661. The first-order chi connectivity index (χ1) is 5.59. The molecule has 64 valence electrons. The highest BCUT2D eigenvalue weighted by Crippen LogP contribution is 2.38. The summed E-state index contributed by atoms with van der Waals surface area (Å²) >= 11 is 7.02. The molecule has 0 fully saturated rings. The van der Waals surface area contributed by atoms with Gasteiger partial charge in [-0.05, 0) is 18.2 Å². The second kappa shape index (κ2) is 2.65. The minimum Gasteiger partial charge on any atom is -0.244 e. The third-order valence-electron chi connectivity index (χ3n) is 1.59. The van der Waals surface area contributed by atoms with Gasteiger partial charge in [0.1, 0.15) is 0 Å². The lowest BCUT2D eigenvalue weighted by Crippen LogP contribution is -1.92. The van der Waals surface area contributed by atoms with Crippen molar-refractivity contribution in [1.82, 2.24) is 0 Å². The largest absolute Gasteiger partial charge is 0.244 e. The van der Waals surface area contributed by atoms with Gasteiger partial charge in [0.2, 0.25) is 0 Å². The third kappa shape index (κ3) is 1.24. The van der Waals surface area contributed by atoms with Crippen LogP contribution >= 0.6 is 23.5 Å². The summed E-state index contributed by atoms with van der Waals surface area (Å²) in [6.07, 6.45) is 1.64. The van der Waals surface area contributed by atoms with Crippen LogP contribution < -0.4 is 0 Å². The highest BCUT2D eigenvalue weighted by Gasteiger charge is 2.19. The summed E-state index contributed by atoms with van der Waals surface area (Å²) in [6, 6.07) is 5.32. The molecule has 1 aromatic rings. The van der Waals surface area contributed by atoms with Crippen molar-refractivity contribution < 1.29 is 4.21 Å². The van der Waals surface area contributed by atoms with Crippen LogP contribution in [0.15, 0.2) is 31.8 Å². The molecular formula is C7H6ClNOS2. The van der Waals surface area contributed by atoms with Crippen LogP contribution in [-0.4, -0.2) is 10.5 Å². The van der Waals surface area contributed by atoms with E-state index in [9.17, 15) is 4.21 Å². The molecule has 1 aliphatic rings. The fraction of sp³-hybridized carbons (Fsp3) is 0.143. The summed E-state index contributed by atoms with van der Waals surface area (Å²) < 4.78 is 15.7. The van der Waals surface area contributed by atoms with Crippen LogP contribution in [0.25, 0.3) is 0 Å². The summed E-state index contributed by atoms with van der Waals surface area (Å²) in [6.45, 7) is 0. The molecule has 0 spiro atoms. The van der Waals surface area contributed by atoms with E-state index in [2.05, 4.69) is 3.77 Å². The molecule has 1 aromatic carbocycles. The van der Waals surface area contributed by atoms with E-state index in [1.807, 2.05) is 0 Å². The summed E-state index contributed by atoms with van der Waals surface area (Å²) in [7, 11) is -2.14. The van der Waals surface area contributed by atoms with Crippen LogP contribution in [0.4, 0.5) is 0 Å². The van der Waals surface area contributed by atoms with Gasteiger partial charge >= 0.3 is 0 Å². The maximum atomic E-state index is 11.7. The Morgan fingerprint density at radius 3 is 3.08 bits per heavy atom. The Morgan fingerprint density at radius 1 is 1.58 bits per heavy atom. The zero-order valence-electron chi connectivity index (χ0n) is 6.28. The lowest BCUT2D eigenvalue weighted by molar-refractivity contribution is 0.681. The fourth-order valence-corrected chi connectivity index (χ4v) is 4.13. The first-order valence-corrected chi connectivity index (χ1v) is 6.35. The SMILES string of the molecule is CS1(=O)=NSc2cc(Cl)ccc21. The van der Waals surface area contributed by atoms with Crippen molar-refractivity contribution in [3.8, 4) is 0 Å². The normalized spacial score (nSPS) is 26.5. The van der Waals surface area contributed by atoms with Gasteiger partial charge in [0.15, 0.2) is 0 Å². The smallest absolute Gasteiger partial charge is 0.0848 e. The molecular weight excluding hydrogens is 214 g/mol. The van der Waals surface area contributed by atoms with Gasteiger partial charge < -0.3 is 0 Å². The van der Waals surface area contributed by atoms with Crippen LogP contribution in [0.3, 0.4) is 0 Å². The monoisotopic (exact) mass is 219 g/mol. The van der Waals surface area contributed by atoms with E-state index in [1.54, 1.807) is 24.5 Å². The number of rotatable bonds is 0. The van der Waals surface area contributed by atoms with Crippen LogP contribution in [-0.2, 0) is 9.73 Å². The molecule has 5 heteroatoms. The van der Waals surface area contributed by atoms with E-state index < -0.39 is 9.73 Å². The number of benzene rings is 1. The Labute approximate surface area is 80.6 Å². The van der Waals surface area contributed by atoms with Crippen LogP contribution in [0.5, 0.6) is 0 Å². The maximum Gasteiger partial charge on any atom is 0.0848 e. The molecule has 0 aliphatic carbocycles. The lowest BCUT2D eigenvalue weighted by atomic mass is 10.4. The molecule has 2 nitrogen and oxygen atoms in total. The van der Waals surface area contributed by atoms with E-state index in [4.69, 9.17) is 11.6 Å². The summed E-state index contributed by atoms with van der Waals surface area (Å²) in [5.41, 5.74) is 0. The Morgan fingerprint density at radius 2 is 2.33 bits per heavy atom. The van der Waals surface area contributed by atoms with Crippen LogP contribution in [0.1, 0.15) is 0 Å². The van der Waals surface area contributed by atoms with Gasteiger partial charge in [-0.3, -0.25) is 0 Å². The second-order valence-corrected chi connectivity index (χ2v) is 6.26. The zero-order chi connectivity index (χ0) is 8.77. The van der Waals surface area contributed by atoms with Crippen molar-refractivity contribution in [1.29, 1.82) is 0 Å². The van der Waals surface area contributed by atoms with E-state index in [-0.39, 0.29) is 0 Å². The van der Waals surface area contributed by atoms with Gasteiger partial charge in [-0.1, -0.05) is 11.6 Å². The van der Waals surface area contributed by atoms with E-state index in [1.165, 1.54) is 11.9 Å². The number of hydrogen-bond donors (Lipinski definition) is 0. The molecule has 0 N–H and O–H groups in total. The Bertz CT molecular complexity index is 449. The van der Waals surface area contributed by atoms with E-state index in [0.29, 0.717) is 5.02 Å². The summed E-state index contributed by atoms with van der Waals surface area (Å²) in [4.78, 5) is 1.71. The van der Waals surface area contributed by atoms with Crippen LogP contribution in [0, 0.1) is 0 Å². The number of fused-ring (bicyclic) bond motifs is 1. The standard InChI is InChI=1S/C7H6ClNOS2/c1-12(10)7-3-2-5(8)4-6(7)11-9-12/h2-4H,1H3. The zero-order valence-corrected chi connectivity index (χ0v) is 8.67. The Kier molecular flexibility index (Phi) is 1.86. The molecule has 0 bridgehead atoms. The van der Waals surface area contributed by atoms with Crippen molar-refractivity contribution in [2.45, 2.75) is 9.79 Å². The molecule has 0 saturated carbocycles. The molecule has 2 rings (SSSR count). The number of hydrogen-bond acceptors (Lipinski definition) is 3. The van der Waals surface area contributed by atoms with Crippen molar-refractivity contribution in [2.24, 2.45) is 3.77 Å². The van der Waals surface area contributed by atoms with Gasteiger partial charge in [0.05, 0.1) is 14.6 Å². The van der Waals surface area contributed by atoms with E-state index >= 15 is 0 Å². The first kappa shape index (κ1) is 8.41. The average Bonchev–Trinajstić information content (AvgIpc) is 2.27. The molecule has 0 saturated heterocycles. The Hall–Kier alpha value is -0.190. The molecule has 0 amide bonds. The van der Waals surface area contributed by atoms with Crippen molar-refractivity contribution in [3.05, 3.63) is 23.2 Å². The number of nitrogens with zero attached hydrogens (tertiary/aromatic N) is 1. The lowest BCUT2D eigenvalue weighted by Gasteiger charge is -1.98. The fourth-order valence-electron chi connectivity index (χ4n) is 1.02. The first-order valence-electron chi connectivity index (χ1n) is 3.28. The van der Waals surface area contributed by atoms with E-state index in [0.717, 1.165) is 9.79 Å². The average molecular weight is 220 g/mol. The van der Waals surface area contributed by atoms with Crippen molar-refractivity contribution >= 4 is 33.3 Å². The van der Waals surface area contributed by atoms with Crippen molar-refractivity contribution in [2.75, 3.05) is 6.26 Å². The Balaban J connectivity index is 2.71. The molecule has 1 atom stereocenters. The molecule has 0 radical (unpaired) electrons. The van der Waals surface area contributed by atoms with Gasteiger partial charge in [-0.25, -0.2) is 4.21 Å². The van der Waals surface area contributed by atoms with Gasteiger partial charge in [-0.2, -0.15) is 3.77 Å². The van der Waals surface area contributed by atoms with Gasteiger partial charge in [0.25, 0.3) is 0 Å². The minimum atomic E-state index is -2.14. The van der Waals surface area contributed by atoms with Gasteiger partial charge in [-0.15, -0.1) is 0 Å². The second-order valence-electron chi connectivity index (χ2n) is 2.56. The molecule has 1 unspecified atom stereocenters. The topological polar surface area (TPSA) is 29.4 Å². The molecule has 12 heavy (non-hydrogen) atoms. The highest BCUT2D eigenvalue weighted by molar-refractivity contribution is 8.09. The summed E-state index contributed by atoms with van der Waals surface area (Å²) in [5.74, 6) is 0. The van der Waals surface area contributed by atoms with Gasteiger partial charge in [0, 0.05) is 28.1 Å².